The highest BCUT2D eigenvalue weighted by molar-refractivity contribution is 5.78. The number of amides is 1. The minimum atomic E-state index is 0.295. The van der Waals surface area contributed by atoms with Crippen LogP contribution in [0.5, 0.6) is 0 Å². The van der Waals surface area contributed by atoms with Crippen LogP contribution >= 0.6 is 0 Å². The van der Waals surface area contributed by atoms with E-state index in [9.17, 15) is 4.79 Å². The van der Waals surface area contributed by atoms with Crippen LogP contribution in [-0.2, 0) is 4.79 Å². The number of likely N-dealkylation sites (tertiary alicyclic amines) is 1. The summed E-state index contributed by atoms with van der Waals surface area (Å²) in [6.45, 7) is 3.51. The molecule has 0 unspecified atom stereocenters. The van der Waals surface area contributed by atoms with E-state index in [2.05, 4.69) is 5.32 Å². The van der Waals surface area contributed by atoms with Gasteiger partial charge >= 0.3 is 0 Å². The molecule has 2 aliphatic rings. The van der Waals surface area contributed by atoms with E-state index in [1.807, 2.05) is 4.90 Å². The minimum Gasteiger partial charge on any atom is -0.342 e. The van der Waals surface area contributed by atoms with Gasteiger partial charge in [0.2, 0.25) is 5.91 Å². The molecule has 17 heavy (non-hydrogen) atoms. The SMILES string of the molecule is O=C(CNCCCC1CCCC1)N1CCCC1. The molecular formula is C14H26N2O. The first-order chi connectivity index (χ1) is 8.36. The third-order valence-electron chi connectivity index (χ3n) is 4.18. The highest BCUT2D eigenvalue weighted by Crippen LogP contribution is 2.28. The lowest BCUT2D eigenvalue weighted by molar-refractivity contribution is -0.129. The fourth-order valence-electron chi connectivity index (χ4n) is 3.09. The molecule has 1 aliphatic carbocycles. The van der Waals surface area contributed by atoms with Crippen LogP contribution in [0.4, 0.5) is 0 Å². The molecule has 2 fully saturated rings. The summed E-state index contributed by atoms with van der Waals surface area (Å²) in [7, 11) is 0. The van der Waals surface area contributed by atoms with Crippen LogP contribution < -0.4 is 5.32 Å². The van der Waals surface area contributed by atoms with Crippen LogP contribution in [0.3, 0.4) is 0 Å². The summed E-state index contributed by atoms with van der Waals surface area (Å²) in [5.41, 5.74) is 0. The maximum Gasteiger partial charge on any atom is 0.236 e. The largest absolute Gasteiger partial charge is 0.342 e. The third-order valence-corrected chi connectivity index (χ3v) is 4.18. The van der Waals surface area contributed by atoms with E-state index in [0.29, 0.717) is 12.5 Å². The van der Waals surface area contributed by atoms with Gasteiger partial charge in [-0.1, -0.05) is 25.7 Å². The van der Waals surface area contributed by atoms with Crippen molar-refractivity contribution in [2.24, 2.45) is 5.92 Å². The van der Waals surface area contributed by atoms with Crippen molar-refractivity contribution in [1.29, 1.82) is 0 Å². The topological polar surface area (TPSA) is 32.3 Å². The molecule has 0 aromatic carbocycles. The Morgan fingerprint density at radius 3 is 2.53 bits per heavy atom. The lowest BCUT2D eigenvalue weighted by atomic mass is 10.0. The Morgan fingerprint density at radius 2 is 1.82 bits per heavy atom. The maximum absolute atomic E-state index is 11.7. The van der Waals surface area contributed by atoms with Crippen LogP contribution in [0.2, 0.25) is 0 Å². The van der Waals surface area contributed by atoms with Crippen molar-refractivity contribution < 1.29 is 4.79 Å². The summed E-state index contributed by atoms with van der Waals surface area (Å²) in [4.78, 5) is 13.7. The van der Waals surface area contributed by atoms with E-state index >= 15 is 0 Å². The Bertz CT molecular complexity index is 230. The van der Waals surface area contributed by atoms with Gasteiger partial charge in [0, 0.05) is 13.1 Å². The molecule has 0 radical (unpaired) electrons. The number of hydrogen-bond acceptors (Lipinski definition) is 2. The Kier molecular flexibility index (Phi) is 5.30. The Labute approximate surface area is 105 Å². The molecule has 3 heteroatoms. The molecule has 1 heterocycles. The number of carbonyl (C=O) groups excluding carboxylic acids is 1. The number of rotatable bonds is 6. The number of nitrogens with zero attached hydrogens (tertiary/aromatic N) is 1. The average Bonchev–Trinajstić information content (AvgIpc) is 3.01. The molecule has 1 saturated heterocycles. The van der Waals surface area contributed by atoms with Crippen molar-refractivity contribution in [1.82, 2.24) is 10.2 Å². The van der Waals surface area contributed by atoms with Gasteiger partial charge in [-0.05, 0) is 38.1 Å². The molecule has 1 amide bonds. The number of nitrogens with one attached hydrogen (secondary N) is 1. The average molecular weight is 238 g/mol. The van der Waals surface area contributed by atoms with Crippen LogP contribution in [0, 0.1) is 5.92 Å². The lowest BCUT2D eigenvalue weighted by Crippen LogP contribution is -2.36. The smallest absolute Gasteiger partial charge is 0.236 e. The normalized spacial score (nSPS) is 21.3. The van der Waals surface area contributed by atoms with E-state index < -0.39 is 0 Å². The summed E-state index contributed by atoms with van der Waals surface area (Å²) < 4.78 is 0. The van der Waals surface area contributed by atoms with Crippen LogP contribution in [0.25, 0.3) is 0 Å². The first kappa shape index (κ1) is 12.9. The third kappa shape index (κ3) is 4.30. The van der Waals surface area contributed by atoms with Gasteiger partial charge in [0.25, 0.3) is 0 Å². The molecule has 1 N–H and O–H groups in total. The summed E-state index contributed by atoms with van der Waals surface area (Å²) in [5, 5.41) is 3.29. The van der Waals surface area contributed by atoms with Gasteiger partial charge in [-0.3, -0.25) is 4.79 Å². The van der Waals surface area contributed by atoms with Crippen molar-refractivity contribution in [2.75, 3.05) is 26.2 Å². The zero-order valence-corrected chi connectivity index (χ0v) is 10.9. The first-order valence-corrected chi connectivity index (χ1v) is 7.35. The molecule has 0 atom stereocenters. The maximum atomic E-state index is 11.7. The molecule has 1 saturated carbocycles. The molecule has 98 valence electrons. The molecule has 0 aromatic heterocycles. The molecule has 0 aromatic rings. The second kappa shape index (κ2) is 7.00. The Hall–Kier alpha value is -0.570. The van der Waals surface area contributed by atoms with Crippen molar-refractivity contribution in [3.05, 3.63) is 0 Å². The van der Waals surface area contributed by atoms with Gasteiger partial charge < -0.3 is 10.2 Å². The van der Waals surface area contributed by atoms with Crippen LogP contribution in [-0.4, -0.2) is 37.0 Å². The molecule has 1 aliphatic heterocycles. The fraction of sp³-hybridized carbons (Fsp3) is 0.929. The van der Waals surface area contributed by atoms with Crippen molar-refractivity contribution >= 4 is 5.91 Å². The quantitative estimate of drug-likeness (QED) is 0.719. The van der Waals surface area contributed by atoms with E-state index in [1.165, 1.54) is 51.4 Å². The Balaban J connectivity index is 1.46. The van der Waals surface area contributed by atoms with Crippen molar-refractivity contribution in [3.8, 4) is 0 Å². The summed E-state index contributed by atoms with van der Waals surface area (Å²) in [5.74, 6) is 1.27. The number of hydrogen-bond donors (Lipinski definition) is 1. The molecule has 3 nitrogen and oxygen atoms in total. The van der Waals surface area contributed by atoms with E-state index in [1.54, 1.807) is 0 Å². The van der Waals surface area contributed by atoms with Gasteiger partial charge in [-0.2, -0.15) is 0 Å². The second-order valence-corrected chi connectivity index (χ2v) is 5.56. The zero-order chi connectivity index (χ0) is 11.9. The van der Waals surface area contributed by atoms with Crippen LogP contribution in [0.15, 0.2) is 0 Å². The first-order valence-electron chi connectivity index (χ1n) is 7.35. The van der Waals surface area contributed by atoms with Gasteiger partial charge in [-0.25, -0.2) is 0 Å². The Morgan fingerprint density at radius 1 is 1.12 bits per heavy atom. The summed E-state index contributed by atoms with van der Waals surface area (Å²) in [6, 6.07) is 0. The summed E-state index contributed by atoms with van der Waals surface area (Å²) >= 11 is 0. The molecule has 0 spiro atoms. The van der Waals surface area contributed by atoms with Gasteiger partial charge in [0.15, 0.2) is 0 Å². The van der Waals surface area contributed by atoms with Gasteiger partial charge in [0.05, 0.1) is 6.54 Å². The minimum absolute atomic E-state index is 0.295. The summed E-state index contributed by atoms with van der Waals surface area (Å²) in [6.07, 6.45) is 10.7. The number of carbonyl (C=O) groups is 1. The second-order valence-electron chi connectivity index (χ2n) is 5.56. The molecule has 2 rings (SSSR count). The monoisotopic (exact) mass is 238 g/mol. The lowest BCUT2D eigenvalue weighted by Gasteiger charge is -2.15. The van der Waals surface area contributed by atoms with E-state index in [4.69, 9.17) is 0 Å². The highest BCUT2D eigenvalue weighted by Gasteiger charge is 2.17. The molecule has 0 bridgehead atoms. The zero-order valence-electron chi connectivity index (χ0n) is 10.9. The highest BCUT2D eigenvalue weighted by atomic mass is 16.2. The predicted molar refractivity (Wildman–Crippen MR) is 69.9 cm³/mol. The molecular weight excluding hydrogens is 212 g/mol. The van der Waals surface area contributed by atoms with Gasteiger partial charge in [0.1, 0.15) is 0 Å². The van der Waals surface area contributed by atoms with Crippen molar-refractivity contribution in [2.45, 2.75) is 51.4 Å². The van der Waals surface area contributed by atoms with E-state index in [-0.39, 0.29) is 0 Å². The standard InChI is InChI=1S/C14H26N2O/c17-14(16-10-3-4-11-16)12-15-9-5-8-13-6-1-2-7-13/h13,15H,1-12H2. The van der Waals surface area contributed by atoms with Crippen LogP contribution in [0.1, 0.15) is 51.4 Å². The predicted octanol–water partition coefficient (Wildman–Crippen LogP) is 2.17. The van der Waals surface area contributed by atoms with Crippen molar-refractivity contribution in [3.63, 3.8) is 0 Å². The van der Waals surface area contributed by atoms with Gasteiger partial charge in [-0.15, -0.1) is 0 Å². The van der Waals surface area contributed by atoms with E-state index in [0.717, 1.165) is 25.6 Å². The fourth-order valence-corrected chi connectivity index (χ4v) is 3.09.